The molecule has 0 saturated heterocycles. The number of ether oxygens (including phenoxy) is 1. The average Bonchev–Trinajstić information content (AvgIpc) is 2.57. The van der Waals surface area contributed by atoms with Crippen LogP contribution in [-0.2, 0) is 6.61 Å². The molecular formula is C15H9ClO3. The van der Waals surface area contributed by atoms with Gasteiger partial charge < -0.3 is 4.74 Å². The number of hydrogen-bond acceptors (Lipinski definition) is 3. The third-order valence-electron chi connectivity index (χ3n) is 3.10. The van der Waals surface area contributed by atoms with Crippen LogP contribution in [0.15, 0.2) is 42.5 Å². The summed E-state index contributed by atoms with van der Waals surface area (Å²) < 4.78 is 5.60. The Balaban J connectivity index is 2.18. The van der Waals surface area contributed by atoms with E-state index in [-0.39, 0.29) is 11.3 Å². The summed E-state index contributed by atoms with van der Waals surface area (Å²) in [5.74, 6) is 0.325. The SMILES string of the molecule is O=C(Cl)c1ccc2c(c1)C(=O)c1ccccc1CO2. The second-order valence-corrected chi connectivity index (χ2v) is 4.60. The maximum absolute atomic E-state index is 12.5. The van der Waals surface area contributed by atoms with E-state index in [0.29, 0.717) is 23.5 Å². The van der Waals surface area contributed by atoms with Crippen LogP contribution in [0.2, 0.25) is 0 Å². The molecule has 0 unspecified atom stereocenters. The van der Waals surface area contributed by atoms with E-state index in [1.807, 2.05) is 12.1 Å². The highest BCUT2D eigenvalue weighted by molar-refractivity contribution is 6.67. The molecule has 0 aromatic heterocycles. The average molecular weight is 273 g/mol. The van der Waals surface area contributed by atoms with Gasteiger partial charge >= 0.3 is 0 Å². The van der Waals surface area contributed by atoms with E-state index >= 15 is 0 Å². The highest BCUT2D eigenvalue weighted by Gasteiger charge is 2.22. The third-order valence-corrected chi connectivity index (χ3v) is 3.31. The number of hydrogen-bond donors (Lipinski definition) is 0. The molecule has 0 saturated carbocycles. The van der Waals surface area contributed by atoms with Gasteiger partial charge in [0.05, 0.1) is 5.56 Å². The standard InChI is InChI=1S/C15H9ClO3/c16-15(18)9-5-6-13-12(7-9)14(17)11-4-2-1-3-10(11)8-19-13/h1-7H,8H2. The molecule has 2 aromatic carbocycles. The van der Waals surface area contributed by atoms with Crippen molar-refractivity contribution in [2.24, 2.45) is 0 Å². The number of halogens is 1. The van der Waals surface area contributed by atoms with Gasteiger partial charge in [0.15, 0.2) is 5.78 Å². The lowest BCUT2D eigenvalue weighted by Gasteiger charge is -2.06. The van der Waals surface area contributed by atoms with Gasteiger partial charge in [-0.1, -0.05) is 24.3 Å². The van der Waals surface area contributed by atoms with Crippen molar-refractivity contribution >= 4 is 22.6 Å². The predicted molar refractivity (Wildman–Crippen MR) is 70.8 cm³/mol. The van der Waals surface area contributed by atoms with E-state index < -0.39 is 5.24 Å². The van der Waals surface area contributed by atoms with Gasteiger partial charge in [0, 0.05) is 16.7 Å². The normalized spacial score (nSPS) is 13.0. The van der Waals surface area contributed by atoms with Gasteiger partial charge in [-0.2, -0.15) is 0 Å². The van der Waals surface area contributed by atoms with E-state index in [1.165, 1.54) is 6.07 Å². The fourth-order valence-corrected chi connectivity index (χ4v) is 2.24. The van der Waals surface area contributed by atoms with Crippen LogP contribution in [0.4, 0.5) is 0 Å². The lowest BCUT2D eigenvalue weighted by molar-refractivity contribution is 0.103. The minimum absolute atomic E-state index is 0.150. The molecule has 0 atom stereocenters. The van der Waals surface area contributed by atoms with E-state index in [2.05, 4.69) is 0 Å². The molecule has 3 nitrogen and oxygen atoms in total. The summed E-state index contributed by atoms with van der Waals surface area (Å²) in [7, 11) is 0. The van der Waals surface area contributed by atoms with Crippen LogP contribution < -0.4 is 4.74 Å². The zero-order valence-corrected chi connectivity index (χ0v) is 10.6. The highest BCUT2D eigenvalue weighted by atomic mass is 35.5. The Bertz CT molecular complexity index is 692. The Morgan fingerprint density at radius 1 is 1.11 bits per heavy atom. The molecule has 0 amide bonds. The van der Waals surface area contributed by atoms with Crippen molar-refractivity contribution in [2.75, 3.05) is 0 Å². The number of carbonyl (C=O) groups excluding carboxylic acids is 2. The Morgan fingerprint density at radius 2 is 1.89 bits per heavy atom. The lowest BCUT2D eigenvalue weighted by atomic mass is 9.98. The molecule has 4 heteroatoms. The maximum Gasteiger partial charge on any atom is 0.252 e. The van der Waals surface area contributed by atoms with Crippen LogP contribution >= 0.6 is 11.6 Å². The minimum Gasteiger partial charge on any atom is -0.488 e. The molecule has 0 spiro atoms. The number of fused-ring (bicyclic) bond motifs is 2. The van der Waals surface area contributed by atoms with Crippen LogP contribution in [-0.4, -0.2) is 11.0 Å². The summed E-state index contributed by atoms with van der Waals surface area (Å²) in [6.45, 7) is 0.336. The number of carbonyl (C=O) groups is 2. The molecule has 94 valence electrons. The first kappa shape index (κ1) is 11.9. The van der Waals surface area contributed by atoms with E-state index in [4.69, 9.17) is 16.3 Å². The van der Waals surface area contributed by atoms with E-state index in [9.17, 15) is 9.59 Å². The summed E-state index contributed by atoms with van der Waals surface area (Å²) in [4.78, 5) is 23.7. The largest absolute Gasteiger partial charge is 0.488 e. The molecule has 0 N–H and O–H groups in total. The van der Waals surface area contributed by atoms with Crippen molar-refractivity contribution in [3.05, 3.63) is 64.7 Å². The zero-order valence-electron chi connectivity index (χ0n) is 9.85. The molecule has 1 aliphatic rings. The summed E-state index contributed by atoms with van der Waals surface area (Å²) in [5, 5.41) is -0.590. The van der Waals surface area contributed by atoms with Gasteiger partial charge in [0.2, 0.25) is 0 Å². The maximum atomic E-state index is 12.5. The summed E-state index contributed by atoms with van der Waals surface area (Å²) in [6.07, 6.45) is 0. The smallest absolute Gasteiger partial charge is 0.252 e. The highest BCUT2D eigenvalue weighted by Crippen LogP contribution is 2.29. The second kappa shape index (κ2) is 4.52. The third kappa shape index (κ3) is 2.02. The first-order chi connectivity index (χ1) is 9.16. The van der Waals surface area contributed by atoms with Gasteiger partial charge in [-0.05, 0) is 29.8 Å². The quantitative estimate of drug-likeness (QED) is 0.749. The van der Waals surface area contributed by atoms with Gasteiger partial charge in [0.25, 0.3) is 5.24 Å². The van der Waals surface area contributed by atoms with Crippen molar-refractivity contribution in [3.8, 4) is 5.75 Å². The van der Waals surface area contributed by atoms with Gasteiger partial charge in [-0.25, -0.2) is 0 Å². The first-order valence-corrected chi connectivity index (χ1v) is 6.14. The van der Waals surface area contributed by atoms with Gasteiger partial charge in [0.1, 0.15) is 12.4 Å². The van der Waals surface area contributed by atoms with Gasteiger partial charge in [-0.3, -0.25) is 9.59 Å². The van der Waals surface area contributed by atoms with Crippen molar-refractivity contribution in [1.29, 1.82) is 0 Å². The first-order valence-electron chi connectivity index (χ1n) is 5.76. The zero-order chi connectivity index (χ0) is 13.4. The van der Waals surface area contributed by atoms with Crippen LogP contribution in [0.1, 0.15) is 31.8 Å². The van der Waals surface area contributed by atoms with Gasteiger partial charge in [-0.15, -0.1) is 0 Å². The summed E-state index contributed by atoms with van der Waals surface area (Å²) in [6, 6.07) is 11.9. The number of ketones is 1. The van der Waals surface area contributed by atoms with Crippen molar-refractivity contribution in [2.45, 2.75) is 6.61 Å². The van der Waals surface area contributed by atoms with Crippen molar-refractivity contribution in [3.63, 3.8) is 0 Å². The molecular weight excluding hydrogens is 264 g/mol. The molecule has 0 fully saturated rings. The number of rotatable bonds is 1. The molecule has 1 aliphatic heterocycles. The molecule has 3 rings (SSSR count). The monoisotopic (exact) mass is 272 g/mol. The molecule has 0 radical (unpaired) electrons. The van der Waals surface area contributed by atoms with Crippen LogP contribution in [0.25, 0.3) is 0 Å². The lowest BCUT2D eigenvalue weighted by Crippen LogP contribution is -2.03. The topological polar surface area (TPSA) is 43.4 Å². The molecule has 0 aliphatic carbocycles. The van der Waals surface area contributed by atoms with E-state index in [0.717, 1.165) is 5.56 Å². The Morgan fingerprint density at radius 3 is 2.68 bits per heavy atom. The molecule has 2 aromatic rings. The van der Waals surface area contributed by atoms with Crippen LogP contribution in [0.3, 0.4) is 0 Å². The fourth-order valence-electron chi connectivity index (χ4n) is 2.12. The molecule has 0 bridgehead atoms. The Kier molecular flexibility index (Phi) is 2.84. The minimum atomic E-state index is -0.590. The van der Waals surface area contributed by atoms with Crippen LogP contribution in [0, 0.1) is 0 Å². The Hall–Kier alpha value is -2.13. The summed E-state index contributed by atoms with van der Waals surface area (Å²) in [5.41, 5.74) is 2.09. The second-order valence-electron chi connectivity index (χ2n) is 4.26. The van der Waals surface area contributed by atoms with Crippen molar-refractivity contribution in [1.82, 2.24) is 0 Å². The fraction of sp³-hybridized carbons (Fsp3) is 0.0667. The Labute approximate surface area is 114 Å². The predicted octanol–water partition coefficient (Wildman–Crippen LogP) is 3.19. The molecule has 19 heavy (non-hydrogen) atoms. The van der Waals surface area contributed by atoms with Crippen LogP contribution in [0.5, 0.6) is 5.75 Å². The molecule has 1 heterocycles. The number of benzene rings is 2. The van der Waals surface area contributed by atoms with E-state index in [1.54, 1.807) is 24.3 Å². The van der Waals surface area contributed by atoms with Crippen molar-refractivity contribution < 1.29 is 14.3 Å². The summed E-state index contributed by atoms with van der Waals surface area (Å²) >= 11 is 5.44.